The molecule has 1 unspecified atom stereocenters. The Morgan fingerprint density at radius 3 is 2.65 bits per heavy atom. The Kier molecular flexibility index (Phi) is 4.76. The lowest BCUT2D eigenvalue weighted by Crippen LogP contribution is -2.36. The largest absolute Gasteiger partial charge is 0.433 e. The van der Waals surface area contributed by atoms with Crippen LogP contribution < -0.4 is 4.90 Å². The fourth-order valence-electron chi connectivity index (χ4n) is 3.91. The number of fused-ring (bicyclic) bond motifs is 1. The SMILES string of the molecule is FC(F)(F)c1cc(N2CCCC(c3nnc4ccccn34)C2)nc(-c2ccncc2)n1. The molecule has 0 aliphatic carbocycles. The van der Waals surface area contributed by atoms with Gasteiger partial charge in [0.25, 0.3) is 0 Å². The van der Waals surface area contributed by atoms with Crippen LogP contribution in [0.4, 0.5) is 19.0 Å². The van der Waals surface area contributed by atoms with Crippen molar-refractivity contribution in [3.8, 4) is 11.4 Å². The minimum Gasteiger partial charge on any atom is -0.356 e. The summed E-state index contributed by atoms with van der Waals surface area (Å²) in [4.78, 5) is 14.0. The van der Waals surface area contributed by atoms with Crippen molar-refractivity contribution in [1.82, 2.24) is 29.5 Å². The van der Waals surface area contributed by atoms with Gasteiger partial charge in [0.2, 0.25) is 0 Å². The molecule has 0 saturated carbocycles. The molecule has 0 bridgehead atoms. The lowest BCUT2D eigenvalue weighted by Gasteiger charge is -2.33. The van der Waals surface area contributed by atoms with E-state index < -0.39 is 11.9 Å². The maximum Gasteiger partial charge on any atom is 0.433 e. The van der Waals surface area contributed by atoms with Crippen LogP contribution in [-0.2, 0) is 6.18 Å². The molecule has 158 valence electrons. The highest BCUT2D eigenvalue weighted by molar-refractivity contribution is 5.57. The number of hydrogen-bond acceptors (Lipinski definition) is 6. The molecule has 31 heavy (non-hydrogen) atoms. The highest BCUT2D eigenvalue weighted by Gasteiger charge is 2.35. The zero-order chi connectivity index (χ0) is 21.4. The van der Waals surface area contributed by atoms with E-state index in [1.54, 1.807) is 12.1 Å². The summed E-state index contributed by atoms with van der Waals surface area (Å²) in [7, 11) is 0. The smallest absolute Gasteiger partial charge is 0.356 e. The topological polar surface area (TPSA) is 72.1 Å². The Labute approximate surface area is 175 Å². The van der Waals surface area contributed by atoms with Gasteiger partial charge in [-0.05, 0) is 37.1 Å². The van der Waals surface area contributed by atoms with Gasteiger partial charge in [-0.1, -0.05) is 6.07 Å². The molecule has 1 saturated heterocycles. The van der Waals surface area contributed by atoms with Crippen molar-refractivity contribution in [2.75, 3.05) is 18.0 Å². The van der Waals surface area contributed by atoms with Crippen LogP contribution in [0.5, 0.6) is 0 Å². The van der Waals surface area contributed by atoms with Crippen molar-refractivity contribution in [2.24, 2.45) is 0 Å². The Hall–Kier alpha value is -3.56. The number of pyridine rings is 2. The third-order valence-corrected chi connectivity index (χ3v) is 5.39. The highest BCUT2D eigenvalue weighted by Crippen LogP contribution is 2.34. The molecule has 4 aromatic rings. The third kappa shape index (κ3) is 3.80. The lowest BCUT2D eigenvalue weighted by molar-refractivity contribution is -0.141. The van der Waals surface area contributed by atoms with E-state index in [1.807, 2.05) is 33.7 Å². The molecule has 0 aromatic carbocycles. The molecule has 10 heteroatoms. The lowest BCUT2D eigenvalue weighted by atomic mass is 9.97. The van der Waals surface area contributed by atoms with E-state index in [0.29, 0.717) is 18.7 Å². The molecule has 4 aromatic heterocycles. The number of halogens is 3. The minimum absolute atomic E-state index is 0.0276. The first kappa shape index (κ1) is 19.4. The molecule has 1 fully saturated rings. The third-order valence-electron chi connectivity index (χ3n) is 5.39. The number of nitrogens with zero attached hydrogens (tertiary/aromatic N) is 7. The molecule has 7 nitrogen and oxygen atoms in total. The molecular weight excluding hydrogens is 407 g/mol. The van der Waals surface area contributed by atoms with Crippen molar-refractivity contribution < 1.29 is 13.2 Å². The first-order valence-electron chi connectivity index (χ1n) is 9.90. The van der Waals surface area contributed by atoms with Gasteiger partial charge in [0.15, 0.2) is 17.2 Å². The number of anilines is 1. The fourth-order valence-corrected chi connectivity index (χ4v) is 3.91. The predicted molar refractivity (Wildman–Crippen MR) is 107 cm³/mol. The predicted octanol–water partition coefficient (Wildman–Crippen LogP) is 3.98. The molecule has 5 rings (SSSR count). The summed E-state index contributed by atoms with van der Waals surface area (Å²) in [6, 6.07) is 9.89. The fraction of sp³-hybridized carbons (Fsp3) is 0.286. The van der Waals surface area contributed by atoms with Crippen molar-refractivity contribution in [3.05, 3.63) is 66.5 Å². The van der Waals surface area contributed by atoms with E-state index in [-0.39, 0.29) is 17.6 Å². The van der Waals surface area contributed by atoms with Crippen LogP contribution in [0.1, 0.15) is 30.3 Å². The Morgan fingerprint density at radius 2 is 1.84 bits per heavy atom. The van der Waals surface area contributed by atoms with E-state index in [4.69, 9.17) is 0 Å². The van der Waals surface area contributed by atoms with Crippen LogP contribution >= 0.6 is 0 Å². The molecular formula is C21H18F3N7. The van der Waals surface area contributed by atoms with Gasteiger partial charge in [0, 0.05) is 49.2 Å². The molecule has 1 aliphatic rings. The van der Waals surface area contributed by atoms with Gasteiger partial charge in [0.1, 0.15) is 11.6 Å². The zero-order valence-corrected chi connectivity index (χ0v) is 16.4. The van der Waals surface area contributed by atoms with Crippen LogP contribution in [0.3, 0.4) is 0 Å². The van der Waals surface area contributed by atoms with E-state index in [2.05, 4.69) is 25.1 Å². The molecule has 5 heterocycles. The van der Waals surface area contributed by atoms with Crippen LogP contribution in [0, 0.1) is 0 Å². The summed E-state index contributed by atoms with van der Waals surface area (Å²) < 4.78 is 42.6. The summed E-state index contributed by atoms with van der Waals surface area (Å²) in [6.07, 6.45) is 2.02. The summed E-state index contributed by atoms with van der Waals surface area (Å²) in [5.41, 5.74) is 0.273. The Balaban J connectivity index is 1.51. The second-order valence-electron chi connectivity index (χ2n) is 7.44. The average Bonchev–Trinajstić information content (AvgIpc) is 3.23. The molecule has 0 N–H and O–H groups in total. The van der Waals surface area contributed by atoms with Crippen molar-refractivity contribution >= 4 is 11.5 Å². The highest BCUT2D eigenvalue weighted by atomic mass is 19.4. The average molecular weight is 425 g/mol. The molecule has 1 atom stereocenters. The summed E-state index contributed by atoms with van der Waals surface area (Å²) in [5.74, 6) is 1.12. The molecule has 1 aliphatic heterocycles. The van der Waals surface area contributed by atoms with Gasteiger partial charge >= 0.3 is 6.18 Å². The molecule has 0 radical (unpaired) electrons. The van der Waals surface area contributed by atoms with Crippen molar-refractivity contribution in [2.45, 2.75) is 24.9 Å². The van der Waals surface area contributed by atoms with Gasteiger partial charge in [-0.15, -0.1) is 10.2 Å². The van der Waals surface area contributed by atoms with Crippen LogP contribution in [0.25, 0.3) is 17.0 Å². The first-order valence-corrected chi connectivity index (χ1v) is 9.90. The van der Waals surface area contributed by atoms with Gasteiger partial charge in [-0.3, -0.25) is 9.38 Å². The maximum atomic E-state index is 13.6. The second kappa shape index (κ2) is 7.60. The number of aromatic nitrogens is 6. The van der Waals surface area contributed by atoms with Crippen LogP contribution in [0.15, 0.2) is 55.0 Å². The second-order valence-corrected chi connectivity index (χ2v) is 7.44. The molecule has 0 amide bonds. The van der Waals surface area contributed by atoms with E-state index in [9.17, 15) is 13.2 Å². The van der Waals surface area contributed by atoms with Crippen molar-refractivity contribution in [3.63, 3.8) is 0 Å². The van der Waals surface area contributed by atoms with Gasteiger partial charge < -0.3 is 4.90 Å². The number of piperidine rings is 1. The van der Waals surface area contributed by atoms with E-state index in [1.165, 1.54) is 12.4 Å². The number of rotatable bonds is 3. The quantitative estimate of drug-likeness (QED) is 0.494. The zero-order valence-electron chi connectivity index (χ0n) is 16.4. The standard InChI is InChI=1S/C21H18F3N7/c22-21(23,24)16-12-18(27-19(26-16)14-6-8-25-9-7-14)30-10-3-4-15(13-30)20-29-28-17-5-1-2-11-31(17)20/h1-2,5-9,11-12,15H,3-4,10,13H2. The Bertz CT molecular complexity index is 1210. The first-order chi connectivity index (χ1) is 15.0. The summed E-state index contributed by atoms with van der Waals surface area (Å²) in [6.45, 7) is 1.11. The summed E-state index contributed by atoms with van der Waals surface area (Å²) >= 11 is 0. The van der Waals surface area contributed by atoms with Crippen LogP contribution in [-0.4, -0.2) is 42.6 Å². The Morgan fingerprint density at radius 1 is 1.00 bits per heavy atom. The molecule has 0 spiro atoms. The monoisotopic (exact) mass is 425 g/mol. The van der Waals surface area contributed by atoms with Gasteiger partial charge in [-0.25, -0.2) is 9.97 Å². The van der Waals surface area contributed by atoms with Crippen molar-refractivity contribution in [1.29, 1.82) is 0 Å². The van der Waals surface area contributed by atoms with Gasteiger partial charge in [-0.2, -0.15) is 13.2 Å². The van der Waals surface area contributed by atoms with Crippen LogP contribution in [0.2, 0.25) is 0 Å². The van der Waals surface area contributed by atoms with E-state index >= 15 is 0 Å². The summed E-state index contributed by atoms with van der Waals surface area (Å²) in [5, 5.41) is 8.54. The van der Waals surface area contributed by atoms with E-state index in [0.717, 1.165) is 30.4 Å². The maximum absolute atomic E-state index is 13.6. The normalized spacial score (nSPS) is 17.3. The van der Waals surface area contributed by atoms with Gasteiger partial charge in [0.05, 0.1) is 0 Å². The number of hydrogen-bond donors (Lipinski definition) is 0. The minimum atomic E-state index is -4.57. The number of alkyl halides is 3.